The summed E-state index contributed by atoms with van der Waals surface area (Å²) in [5.74, 6) is -0.211. The second-order valence-electron chi connectivity index (χ2n) is 7.47. The zero-order chi connectivity index (χ0) is 19.9. The van der Waals surface area contributed by atoms with E-state index in [1.807, 2.05) is 51.1 Å². The Balaban J connectivity index is 2.02. The zero-order valence-corrected chi connectivity index (χ0v) is 17.2. The van der Waals surface area contributed by atoms with Gasteiger partial charge in [0.05, 0.1) is 11.9 Å². The van der Waals surface area contributed by atoms with Crippen molar-refractivity contribution < 1.29 is 13.2 Å². The van der Waals surface area contributed by atoms with Crippen molar-refractivity contribution in [3.05, 3.63) is 59.2 Å². The highest BCUT2D eigenvalue weighted by Gasteiger charge is 2.37. The Kier molecular flexibility index (Phi) is 5.04. The molecule has 27 heavy (non-hydrogen) atoms. The standard InChI is InChI=1S/C21H26N2O3S/c1-14-10-15(2)12-19(11-14)23(27(5,25)26)17(4)21(24)22-16(3)13-18-8-6-7-9-20(18)22/h6-12,16-17H,13H2,1-5H3/t16-,17-/m1/s1. The summed E-state index contributed by atoms with van der Waals surface area (Å²) in [5.41, 5.74) is 4.42. The van der Waals surface area contributed by atoms with Gasteiger partial charge in [0.2, 0.25) is 10.0 Å². The Hall–Kier alpha value is -2.34. The second-order valence-corrected chi connectivity index (χ2v) is 9.33. The van der Waals surface area contributed by atoms with Crippen molar-refractivity contribution >= 4 is 27.3 Å². The van der Waals surface area contributed by atoms with Crippen LogP contribution in [0.1, 0.15) is 30.5 Å². The minimum absolute atomic E-state index is 0.00185. The maximum absolute atomic E-state index is 13.4. The van der Waals surface area contributed by atoms with Gasteiger partial charge in [-0.1, -0.05) is 24.3 Å². The smallest absolute Gasteiger partial charge is 0.250 e. The summed E-state index contributed by atoms with van der Waals surface area (Å²) in [6, 6.07) is 12.6. The molecule has 0 N–H and O–H groups in total. The van der Waals surface area contributed by atoms with E-state index in [1.54, 1.807) is 24.0 Å². The first-order valence-corrected chi connectivity index (χ1v) is 10.9. The van der Waals surface area contributed by atoms with E-state index in [2.05, 4.69) is 0 Å². The fraction of sp³-hybridized carbons (Fsp3) is 0.381. The third-order valence-corrected chi connectivity index (χ3v) is 6.21. The summed E-state index contributed by atoms with van der Waals surface area (Å²) < 4.78 is 26.4. The molecule has 2 aromatic rings. The molecular formula is C21H26N2O3S. The van der Waals surface area contributed by atoms with Gasteiger partial charge in [-0.05, 0) is 69.0 Å². The molecule has 144 valence electrons. The number of rotatable bonds is 4. The van der Waals surface area contributed by atoms with Gasteiger partial charge < -0.3 is 4.90 Å². The molecule has 6 heteroatoms. The third-order valence-electron chi connectivity index (χ3n) is 4.97. The molecule has 0 radical (unpaired) electrons. The molecule has 1 heterocycles. The van der Waals surface area contributed by atoms with Gasteiger partial charge in [-0.15, -0.1) is 0 Å². The van der Waals surface area contributed by atoms with Crippen molar-refractivity contribution in [1.82, 2.24) is 0 Å². The van der Waals surface area contributed by atoms with Crippen molar-refractivity contribution in [3.63, 3.8) is 0 Å². The quantitative estimate of drug-likeness (QED) is 0.809. The summed E-state index contributed by atoms with van der Waals surface area (Å²) in [6.45, 7) is 7.49. The molecule has 5 nitrogen and oxygen atoms in total. The predicted molar refractivity (Wildman–Crippen MR) is 110 cm³/mol. The number of fused-ring (bicyclic) bond motifs is 1. The van der Waals surface area contributed by atoms with Crippen LogP contribution in [-0.4, -0.2) is 32.7 Å². The molecule has 1 aliphatic heterocycles. The van der Waals surface area contributed by atoms with Crippen LogP contribution in [0, 0.1) is 13.8 Å². The number of aryl methyl sites for hydroxylation is 2. The van der Waals surface area contributed by atoms with Crippen molar-refractivity contribution in [3.8, 4) is 0 Å². The maximum atomic E-state index is 13.4. The number of anilines is 2. The molecule has 0 aliphatic carbocycles. The van der Waals surface area contributed by atoms with Gasteiger partial charge >= 0.3 is 0 Å². The average Bonchev–Trinajstić information content (AvgIpc) is 2.87. The molecular weight excluding hydrogens is 360 g/mol. The number of para-hydroxylation sites is 1. The zero-order valence-electron chi connectivity index (χ0n) is 16.4. The van der Waals surface area contributed by atoms with Crippen LogP contribution in [0.4, 0.5) is 11.4 Å². The molecule has 0 bridgehead atoms. The number of hydrogen-bond acceptors (Lipinski definition) is 3. The lowest BCUT2D eigenvalue weighted by molar-refractivity contribution is -0.119. The molecule has 2 atom stereocenters. The van der Waals surface area contributed by atoms with E-state index in [9.17, 15) is 13.2 Å². The Morgan fingerprint density at radius 3 is 2.33 bits per heavy atom. The van der Waals surface area contributed by atoms with E-state index in [1.165, 1.54) is 4.31 Å². The molecule has 0 saturated heterocycles. The van der Waals surface area contributed by atoms with Gasteiger partial charge in [0.25, 0.3) is 5.91 Å². The van der Waals surface area contributed by atoms with E-state index in [4.69, 9.17) is 0 Å². The molecule has 1 aliphatic rings. The van der Waals surface area contributed by atoms with Crippen LogP contribution in [0.5, 0.6) is 0 Å². The van der Waals surface area contributed by atoms with Crippen LogP contribution >= 0.6 is 0 Å². The van der Waals surface area contributed by atoms with Crippen LogP contribution in [-0.2, 0) is 21.2 Å². The van der Waals surface area contributed by atoms with Gasteiger partial charge in [-0.25, -0.2) is 8.42 Å². The number of carbonyl (C=O) groups is 1. The predicted octanol–water partition coefficient (Wildman–Crippen LogP) is 3.44. The van der Waals surface area contributed by atoms with Crippen molar-refractivity contribution in [2.75, 3.05) is 15.5 Å². The Morgan fingerprint density at radius 2 is 1.74 bits per heavy atom. The summed E-state index contributed by atoms with van der Waals surface area (Å²) >= 11 is 0. The molecule has 0 aromatic heterocycles. The highest BCUT2D eigenvalue weighted by atomic mass is 32.2. The number of sulfonamides is 1. The van der Waals surface area contributed by atoms with Crippen LogP contribution in [0.25, 0.3) is 0 Å². The SMILES string of the molecule is Cc1cc(C)cc(N([C@H](C)C(=O)N2c3ccccc3C[C@H]2C)S(C)(=O)=O)c1. The van der Waals surface area contributed by atoms with Crippen LogP contribution in [0.2, 0.25) is 0 Å². The van der Waals surface area contributed by atoms with Crippen molar-refractivity contribution in [1.29, 1.82) is 0 Å². The first kappa shape index (κ1) is 19.4. The second kappa shape index (κ2) is 7.00. The Labute approximate surface area is 161 Å². The van der Waals surface area contributed by atoms with Crippen molar-refractivity contribution in [2.45, 2.75) is 46.2 Å². The average molecular weight is 387 g/mol. The van der Waals surface area contributed by atoms with Gasteiger partial charge in [0.1, 0.15) is 6.04 Å². The fourth-order valence-corrected chi connectivity index (χ4v) is 5.14. The van der Waals surface area contributed by atoms with E-state index >= 15 is 0 Å². The summed E-state index contributed by atoms with van der Waals surface area (Å²) in [7, 11) is -3.63. The first-order valence-electron chi connectivity index (χ1n) is 9.08. The lowest BCUT2D eigenvalue weighted by atomic mass is 10.1. The highest BCUT2D eigenvalue weighted by molar-refractivity contribution is 7.92. The number of hydrogen-bond donors (Lipinski definition) is 0. The minimum Gasteiger partial charge on any atom is -0.307 e. The van der Waals surface area contributed by atoms with E-state index in [-0.39, 0.29) is 11.9 Å². The lowest BCUT2D eigenvalue weighted by Crippen LogP contribution is -2.51. The number of benzene rings is 2. The summed E-state index contributed by atoms with van der Waals surface area (Å²) in [5, 5.41) is 0. The van der Waals surface area contributed by atoms with Gasteiger partial charge in [0, 0.05) is 11.7 Å². The molecule has 0 fully saturated rings. The normalized spacial score (nSPS) is 17.5. The van der Waals surface area contributed by atoms with E-state index in [0.717, 1.165) is 35.1 Å². The van der Waals surface area contributed by atoms with Crippen LogP contribution in [0.3, 0.4) is 0 Å². The lowest BCUT2D eigenvalue weighted by Gasteiger charge is -2.33. The molecule has 0 unspecified atom stereocenters. The molecule has 1 amide bonds. The van der Waals surface area contributed by atoms with Gasteiger partial charge in [-0.3, -0.25) is 9.10 Å². The minimum atomic E-state index is -3.63. The van der Waals surface area contributed by atoms with E-state index < -0.39 is 16.1 Å². The first-order chi connectivity index (χ1) is 12.6. The topological polar surface area (TPSA) is 57.7 Å². The van der Waals surface area contributed by atoms with Gasteiger partial charge in [0.15, 0.2) is 0 Å². The number of nitrogens with zero attached hydrogens (tertiary/aromatic N) is 2. The van der Waals surface area contributed by atoms with Gasteiger partial charge in [-0.2, -0.15) is 0 Å². The highest BCUT2D eigenvalue weighted by Crippen LogP contribution is 2.34. The summed E-state index contributed by atoms with van der Waals surface area (Å²) in [4.78, 5) is 15.1. The number of carbonyl (C=O) groups excluding carboxylic acids is 1. The number of amides is 1. The molecule has 3 rings (SSSR count). The Morgan fingerprint density at radius 1 is 1.15 bits per heavy atom. The van der Waals surface area contributed by atoms with Crippen molar-refractivity contribution in [2.24, 2.45) is 0 Å². The third kappa shape index (κ3) is 3.72. The monoisotopic (exact) mass is 386 g/mol. The summed E-state index contributed by atoms with van der Waals surface area (Å²) in [6.07, 6.45) is 1.92. The van der Waals surface area contributed by atoms with Crippen LogP contribution < -0.4 is 9.21 Å². The Bertz CT molecular complexity index is 964. The fourth-order valence-electron chi connectivity index (χ4n) is 3.98. The van der Waals surface area contributed by atoms with E-state index in [0.29, 0.717) is 5.69 Å². The maximum Gasteiger partial charge on any atom is 0.250 e. The molecule has 0 saturated carbocycles. The largest absolute Gasteiger partial charge is 0.307 e. The molecule has 0 spiro atoms. The van der Waals surface area contributed by atoms with Crippen LogP contribution in [0.15, 0.2) is 42.5 Å². The molecule has 2 aromatic carbocycles.